The summed E-state index contributed by atoms with van der Waals surface area (Å²) in [5.41, 5.74) is -3.74. The molecule has 0 spiro atoms. The minimum Gasteiger partial charge on any atom is -0.478 e. The number of carbonyl (C=O) groups is 6. The van der Waals surface area contributed by atoms with Crippen LogP contribution < -0.4 is 44.8 Å². The fraction of sp³-hybridized carbons (Fsp3) is 0.724. The maximum absolute atomic E-state index is 13.3. The predicted octanol–water partition coefficient (Wildman–Crippen LogP) is 2.12. The third-order valence-corrected chi connectivity index (χ3v) is 14.5. The van der Waals surface area contributed by atoms with Crippen molar-refractivity contribution in [1.82, 2.24) is 38.0 Å². The highest BCUT2D eigenvalue weighted by Gasteiger charge is 2.33. The molecule has 2 aromatic rings. The van der Waals surface area contributed by atoms with E-state index in [0.29, 0.717) is 136 Å². The maximum atomic E-state index is 13.3. The molecule has 5 rings (SSSR count). The van der Waals surface area contributed by atoms with Gasteiger partial charge >= 0.3 is 58.6 Å². The van der Waals surface area contributed by atoms with Crippen molar-refractivity contribution < 1.29 is 81.4 Å². The molecule has 0 saturated carbocycles. The van der Waals surface area contributed by atoms with Crippen LogP contribution in [-0.2, 0) is 101 Å². The monoisotopic (exact) mass is 1320 g/mol. The molecule has 3 N–H and O–H groups in total. The van der Waals surface area contributed by atoms with E-state index in [4.69, 9.17) is 19.8 Å². The number of aliphatic imine (C=N–C) groups is 3. The summed E-state index contributed by atoms with van der Waals surface area (Å²) in [4.78, 5) is 186. The van der Waals surface area contributed by atoms with Crippen LogP contribution >= 0.6 is 0 Å². The number of carboxylic acids is 1. The van der Waals surface area contributed by atoms with Gasteiger partial charge in [0.2, 0.25) is 36.6 Å². The summed E-state index contributed by atoms with van der Waals surface area (Å²) < 4.78 is 38.4. The number of isocyanates is 3. The van der Waals surface area contributed by atoms with E-state index in [1.807, 2.05) is 0 Å². The predicted molar refractivity (Wildman–Crippen MR) is 322 cm³/mol. The summed E-state index contributed by atoms with van der Waals surface area (Å²) in [5, 5.41) is 21.9. The molecule has 2 aromatic heterocycles. The zero-order valence-electron chi connectivity index (χ0n) is 52.2. The van der Waals surface area contributed by atoms with Crippen molar-refractivity contribution in [1.29, 1.82) is 5.26 Å². The van der Waals surface area contributed by atoms with E-state index >= 15 is 0 Å². The molecule has 5 heterocycles. The Hall–Kier alpha value is -9.53. The zero-order valence-corrected chi connectivity index (χ0v) is 52.2. The van der Waals surface area contributed by atoms with Crippen LogP contribution in [0, 0.1) is 11.5 Å². The van der Waals surface area contributed by atoms with Crippen molar-refractivity contribution in [2.45, 2.75) is 212 Å². The number of nitriles is 1. The second-order valence-corrected chi connectivity index (χ2v) is 21.4. The van der Waals surface area contributed by atoms with Crippen LogP contribution in [0.1, 0.15) is 154 Å². The highest BCUT2D eigenvalue weighted by atomic mass is 16.8. The lowest BCUT2D eigenvalue weighted by Gasteiger charge is -2.14. The normalized spacial score (nSPS) is 15.0. The van der Waals surface area contributed by atoms with Crippen molar-refractivity contribution in [3.8, 4) is 6.26 Å². The lowest BCUT2D eigenvalue weighted by molar-refractivity contribution is -0.144. The lowest BCUT2D eigenvalue weighted by atomic mass is 10.2. The van der Waals surface area contributed by atoms with Crippen LogP contribution in [0.4, 0.5) is 14.4 Å². The number of aromatic nitrogens is 6. The van der Waals surface area contributed by atoms with Gasteiger partial charge < -0.3 is 48.9 Å². The molecule has 0 bridgehead atoms. The third-order valence-electron chi connectivity index (χ3n) is 14.5. The molecule has 3 atom stereocenters. The van der Waals surface area contributed by atoms with Crippen molar-refractivity contribution >= 4 is 54.5 Å². The molecule has 0 radical (unpaired) electrons. The summed E-state index contributed by atoms with van der Waals surface area (Å²) in [5.74, 6) is -2.04. The molecule has 3 fully saturated rings. The fourth-order valence-electron chi connectivity index (χ4n) is 9.45. The van der Waals surface area contributed by atoms with E-state index in [1.165, 1.54) is 18.2 Å². The van der Waals surface area contributed by atoms with Crippen LogP contribution in [0.5, 0.6) is 0 Å². The van der Waals surface area contributed by atoms with Gasteiger partial charge in [-0.15, -0.1) is 0 Å². The Morgan fingerprint density at radius 2 is 0.667 bits per heavy atom. The summed E-state index contributed by atoms with van der Waals surface area (Å²) in [6.45, 7) is 2.88. The van der Waals surface area contributed by atoms with Gasteiger partial charge in [-0.2, -0.15) is 5.26 Å². The van der Waals surface area contributed by atoms with Gasteiger partial charge in [0.05, 0.1) is 19.6 Å². The van der Waals surface area contributed by atoms with Crippen molar-refractivity contribution in [2.24, 2.45) is 15.0 Å². The number of carbonyl (C=O) groups excluding carboxylic acids is 8. The fourth-order valence-corrected chi connectivity index (χ4v) is 9.45. The van der Waals surface area contributed by atoms with E-state index < -0.39 is 88.7 Å². The molecular formula is C58H84N12O23. The molecule has 3 unspecified atom stereocenters. The van der Waals surface area contributed by atoms with Gasteiger partial charge in [0.1, 0.15) is 26.4 Å². The Bertz CT molecular complexity index is 3130. The number of nitrogens with one attached hydrogen (secondary N) is 2. The van der Waals surface area contributed by atoms with Crippen molar-refractivity contribution in [3.63, 3.8) is 0 Å². The van der Waals surface area contributed by atoms with Crippen molar-refractivity contribution in [3.05, 3.63) is 62.9 Å². The number of unbranched alkanes of at least 4 members (excludes halogenated alkanes) is 18. The Kier molecular flexibility index (Phi) is 38.9. The maximum Gasteiger partial charge on any atom is 0.509 e. The van der Waals surface area contributed by atoms with Crippen LogP contribution in [-0.4, -0.2) is 164 Å². The van der Waals surface area contributed by atoms with E-state index in [9.17, 15) is 71.9 Å². The van der Waals surface area contributed by atoms with E-state index in [1.54, 1.807) is 6.26 Å². The summed E-state index contributed by atoms with van der Waals surface area (Å²) >= 11 is 0. The number of aliphatic carboxylic acids is 1. The van der Waals surface area contributed by atoms with Gasteiger partial charge in [-0.05, 0) is 83.5 Å². The van der Waals surface area contributed by atoms with Crippen molar-refractivity contribution in [2.75, 3.05) is 59.2 Å². The smallest absolute Gasteiger partial charge is 0.478 e. The number of hydrogen-bond donors (Lipinski definition) is 3. The number of rotatable bonds is 45. The highest BCUT2D eigenvalue weighted by molar-refractivity contribution is 5.85. The minimum atomic E-state index is -1.18. The Morgan fingerprint density at radius 3 is 0.903 bits per heavy atom. The molecule has 3 aliphatic rings. The Morgan fingerprint density at radius 1 is 0.409 bits per heavy atom. The van der Waals surface area contributed by atoms with Crippen LogP contribution in [0.25, 0.3) is 0 Å². The second kappa shape index (κ2) is 46.5. The zero-order chi connectivity index (χ0) is 68.0. The first-order chi connectivity index (χ1) is 45.0. The molecule has 0 aliphatic carbocycles. The van der Waals surface area contributed by atoms with E-state index in [2.05, 4.69) is 49.3 Å². The molecule has 2 amide bonds. The molecule has 3 saturated heterocycles. The average Bonchev–Trinajstić information content (AvgIpc) is 1.68. The second-order valence-electron chi connectivity index (χ2n) is 21.4. The third kappa shape index (κ3) is 30.0. The molecule has 0 aromatic carbocycles. The number of nitrogens with zero attached hydrogens (tertiary/aromatic N) is 10. The molecule has 93 heavy (non-hydrogen) atoms. The summed E-state index contributed by atoms with van der Waals surface area (Å²) in [6.07, 6.45) is 16.8. The number of amides is 2. The van der Waals surface area contributed by atoms with E-state index in [-0.39, 0.29) is 59.1 Å². The van der Waals surface area contributed by atoms with Gasteiger partial charge in [0.25, 0.3) is 18.1 Å². The van der Waals surface area contributed by atoms with E-state index in [0.717, 1.165) is 85.2 Å². The topological polar surface area (TPSA) is 455 Å². The summed E-state index contributed by atoms with van der Waals surface area (Å²) in [6, 6.07) is 0. The molecule has 514 valence electrons. The average molecular weight is 1320 g/mol. The Labute approximate surface area is 532 Å². The van der Waals surface area contributed by atoms with Gasteiger partial charge in [0.15, 0.2) is 0 Å². The van der Waals surface area contributed by atoms with Crippen LogP contribution in [0.3, 0.4) is 0 Å². The molecule has 35 heteroatoms. The first kappa shape index (κ1) is 77.7. The van der Waals surface area contributed by atoms with Gasteiger partial charge in [-0.25, -0.2) is 105 Å². The lowest BCUT2D eigenvalue weighted by Crippen LogP contribution is -2.54. The number of ether oxygens (including phenoxy) is 7. The number of cyclic esters (lactones) is 6. The quantitative estimate of drug-likeness (QED) is 0.0213. The number of hydrogen-bond acceptors (Lipinski definition) is 26. The molecule has 3 aliphatic heterocycles. The SMILES string of the molecule is N#COCCCCCCn1c(=O)n(CCCCCCN=C=O)c(=O)n(CCCCCCN=C=O)c1=O.O=C1OCC(C(=O)O)O1.O=C=NCCCCCCn1c(=O)n(CCCCCCNC(=O)C2COC(=O)O2)c(=O)n(CCCCCCNC(=O)C2COC(=O)O2)c1=O. The first-order valence-corrected chi connectivity index (χ1v) is 31.3. The minimum absolute atomic E-state index is 0.118. The van der Waals surface area contributed by atoms with Gasteiger partial charge in [-0.3, -0.25) is 9.59 Å². The molecular weight excluding hydrogens is 1230 g/mol. The standard InChI is InChI=1S/C30H44N6O12.C24H36N6O6.C4H4O5/c37-21-31-13-7-1-4-10-16-34-26(40)35(17-11-5-2-8-14-32-24(38)22-19-45-29(43)47-22)28(42)36(27(34)41)18-12-6-3-9-15-33-25(39)23-20-46-30(44)48-23;25-19-36-18-12-6-5-11-17-30-23(34)28(15-9-3-1-7-13-26-20-31)22(33)29(24(30)35)16-10-4-2-8-14-27-21-32;5-3(6)2-1-8-4(7)9-2/h22-23H,1-20H2,(H,32,38)(H,33,39);1-18H2;2H,1H2,(H,5,6). The van der Waals surface area contributed by atoms with Crippen LogP contribution in [0.2, 0.25) is 0 Å². The molecule has 35 nitrogen and oxygen atoms in total. The Balaban J connectivity index is 0.000000439. The highest BCUT2D eigenvalue weighted by Crippen LogP contribution is 2.10. The largest absolute Gasteiger partial charge is 0.509 e. The first-order valence-electron chi connectivity index (χ1n) is 31.3. The number of carboxylic acid groups (broad SMARTS) is 1. The summed E-state index contributed by atoms with van der Waals surface area (Å²) in [7, 11) is 0. The van der Waals surface area contributed by atoms with Gasteiger partial charge in [0, 0.05) is 52.4 Å². The van der Waals surface area contributed by atoms with Gasteiger partial charge in [-0.1, -0.05) is 70.6 Å². The van der Waals surface area contributed by atoms with Crippen LogP contribution in [0.15, 0.2) is 43.7 Å².